The Morgan fingerprint density at radius 3 is 2.69 bits per heavy atom. The highest BCUT2D eigenvalue weighted by atomic mass is 79.9. The van der Waals surface area contributed by atoms with Crippen molar-refractivity contribution >= 4 is 38.0 Å². The lowest BCUT2D eigenvalue weighted by Crippen LogP contribution is -2.61. The number of carbonyl (C=O) groups is 1. The highest BCUT2D eigenvalue weighted by Crippen LogP contribution is 2.31. The summed E-state index contributed by atoms with van der Waals surface area (Å²) in [5.74, 6) is -1.36. The number of sulfonamides is 1. The molecule has 1 aliphatic rings. The summed E-state index contributed by atoms with van der Waals surface area (Å²) in [7, 11) is -2.60. The third-order valence-corrected chi connectivity index (χ3v) is 5.96. The average Bonchev–Trinajstić information content (AvgIpc) is 2.44. The predicted molar refractivity (Wildman–Crippen MR) is 97.6 cm³/mol. The standard InChI is InChI=1S/C15H20BrFN4O4S/c1-14(2,3)25-13(22)19-12-20-15(4,8-26(23,24)21(12)5)9-6-11(16)18-7-10(9)17/h6-7H,8H2,1-5H3,(H,19,20,22)/t15-/m0/s1. The average molecular weight is 451 g/mol. The highest BCUT2D eigenvalue weighted by molar-refractivity contribution is 9.10. The Hall–Kier alpha value is -1.75. The predicted octanol–water partition coefficient (Wildman–Crippen LogP) is 2.35. The van der Waals surface area contributed by atoms with Crippen molar-refractivity contribution in [3.8, 4) is 0 Å². The van der Waals surface area contributed by atoms with E-state index in [9.17, 15) is 17.6 Å². The van der Waals surface area contributed by atoms with E-state index in [1.807, 2.05) is 0 Å². The Morgan fingerprint density at radius 1 is 1.50 bits per heavy atom. The highest BCUT2D eigenvalue weighted by Gasteiger charge is 2.44. The molecule has 1 aliphatic heterocycles. The maximum atomic E-state index is 14.3. The van der Waals surface area contributed by atoms with E-state index in [4.69, 9.17) is 4.74 Å². The molecule has 1 atom stereocenters. The molecule has 1 saturated heterocycles. The Morgan fingerprint density at radius 2 is 2.12 bits per heavy atom. The molecule has 0 saturated carbocycles. The largest absolute Gasteiger partial charge is 0.442 e. The summed E-state index contributed by atoms with van der Waals surface area (Å²) in [6, 6.07) is 1.38. The molecular weight excluding hydrogens is 431 g/mol. The van der Waals surface area contributed by atoms with Crippen LogP contribution in [0, 0.1) is 5.82 Å². The van der Waals surface area contributed by atoms with E-state index < -0.39 is 38.8 Å². The fraction of sp³-hybridized carbons (Fsp3) is 0.533. The van der Waals surface area contributed by atoms with Gasteiger partial charge in [-0.2, -0.15) is 0 Å². The zero-order chi connectivity index (χ0) is 19.9. The second-order valence-corrected chi connectivity index (χ2v) is 9.90. The zero-order valence-corrected chi connectivity index (χ0v) is 17.4. The Balaban J connectivity index is 2.49. The summed E-state index contributed by atoms with van der Waals surface area (Å²) in [5, 5.41) is 2.84. The Labute approximate surface area is 160 Å². The minimum atomic E-state index is -3.86. The first-order chi connectivity index (χ1) is 11.7. The number of aromatic nitrogens is 1. The molecule has 1 fully saturated rings. The number of guanidine groups is 1. The summed E-state index contributed by atoms with van der Waals surface area (Å²) in [5.41, 5.74) is -2.08. The number of aliphatic imine (C=N–C) groups is 1. The third-order valence-electron chi connectivity index (χ3n) is 3.58. The van der Waals surface area contributed by atoms with Crippen molar-refractivity contribution in [3.63, 3.8) is 0 Å². The first kappa shape index (κ1) is 20.6. The zero-order valence-electron chi connectivity index (χ0n) is 15.0. The lowest BCUT2D eigenvalue weighted by atomic mass is 9.94. The lowest BCUT2D eigenvalue weighted by Gasteiger charge is -2.40. The molecule has 1 amide bonds. The van der Waals surface area contributed by atoms with Crippen molar-refractivity contribution in [2.75, 3.05) is 12.8 Å². The molecule has 0 aromatic carbocycles. The monoisotopic (exact) mass is 450 g/mol. The van der Waals surface area contributed by atoms with Gasteiger partial charge in [0, 0.05) is 12.6 Å². The van der Waals surface area contributed by atoms with Gasteiger partial charge in [-0.1, -0.05) is 0 Å². The van der Waals surface area contributed by atoms with Crippen molar-refractivity contribution < 1.29 is 22.3 Å². The smallest absolute Gasteiger partial charge is 0.437 e. The summed E-state index contributed by atoms with van der Waals surface area (Å²) < 4.78 is 45.7. The molecular formula is C15H20BrFN4O4S. The fourth-order valence-corrected chi connectivity index (χ4v) is 4.24. The van der Waals surface area contributed by atoms with Gasteiger partial charge in [-0.05, 0) is 49.7 Å². The number of hydrogen-bond donors (Lipinski definition) is 1. The number of hydrogen-bond acceptors (Lipinski definition) is 5. The summed E-state index contributed by atoms with van der Waals surface area (Å²) in [6.45, 7) is 6.49. The molecule has 144 valence electrons. The van der Waals surface area contributed by atoms with E-state index in [1.165, 1.54) is 20.0 Å². The van der Waals surface area contributed by atoms with Crippen molar-refractivity contribution in [2.24, 2.45) is 4.99 Å². The first-order valence-corrected chi connectivity index (χ1v) is 10.0. The van der Waals surface area contributed by atoms with Crippen LogP contribution in [-0.4, -0.2) is 48.2 Å². The van der Waals surface area contributed by atoms with Crippen LogP contribution in [0.25, 0.3) is 0 Å². The van der Waals surface area contributed by atoms with Crippen LogP contribution in [0.15, 0.2) is 21.9 Å². The van der Waals surface area contributed by atoms with Gasteiger partial charge in [-0.15, -0.1) is 4.99 Å². The van der Waals surface area contributed by atoms with Gasteiger partial charge in [0.25, 0.3) is 0 Å². The fourth-order valence-electron chi connectivity index (χ4n) is 2.41. The number of nitrogens with zero attached hydrogens (tertiary/aromatic N) is 3. The number of pyridine rings is 1. The van der Waals surface area contributed by atoms with Crippen LogP contribution in [0.5, 0.6) is 0 Å². The van der Waals surface area contributed by atoms with Crippen LogP contribution >= 0.6 is 15.9 Å². The van der Waals surface area contributed by atoms with Gasteiger partial charge in [0.15, 0.2) is 0 Å². The van der Waals surface area contributed by atoms with E-state index in [2.05, 4.69) is 31.2 Å². The van der Waals surface area contributed by atoms with Gasteiger partial charge in [-0.25, -0.2) is 26.9 Å². The van der Waals surface area contributed by atoms with E-state index in [0.717, 1.165) is 10.5 Å². The molecule has 11 heteroatoms. The number of amides is 1. The van der Waals surface area contributed by atoms with Crippen LogP contribution in [0.1, 0.15) is 33.3 Å². The van der Waals surface area contributed by atoms with Crippen LogP contribution in [0.2, 0.25) is 0 Å². The number of carbonyl (C=O) groups excluding carboxylic acids is 1. The molecule has 8 nitrogen and oxygen atoms in total. The SMILES string of the molecule is CN1/C(=N\C(=O)OC(C)(C)C)N[C@](C)(c2cc(Br)ncc2F)CS1(=O)=O. The van der Waals surface area contributed by atoms with Crippen molar-refractivity contribution in [1.82, 2.24) is 14.6 Å². The van der Waals surface area contributed by atoms with Crippen LogP contribution < -0.4 is 5.32 Å². The molecule has 26 heavy (non-hydrogen) atoms. The molecule has 0 aliphatic carbocycles. The van der Waals surface area contributed by atoms with Gasteiger partial charge in [0.05, 0.1) is 17.5 Å². The summed E-state index contributed by atoms with van der Waals surface area (Å²) in [6.07, 6.45) is 0.0322. The van der Waals surface area contributed by atoms with Crippen molar-refractivity contribution in [1.29, 1.82) is 0 Å². The second kappa shape index (κ2) is 6.76. The van der Waals surface area contributed by atoms with Gasteiger partial charge in [0.1, 0.15) is 16.0 Å². The van der Waals surface area contributed by atoms with E-state index in [1.54, 1.807) is 20.8 Å². The number of halogens is 2. The topological polar surface area (TPSA) is 101 Å². The van der Waals surface area contributed by atoms with Crippen molar-refractivity contribution in [2.45, 2.75) is 38.8 Å². The quantitative estimate of drug-likeness (QED) is 0.658. The molecule has 2 heterocycles. The summed E-state index contributed by atoms with van der Waals surface area (Å²) >= 11 is 3.15. The first-order valence-electron chi connectivity index (χ1n) is 7.61. The number of rotatable bonds is 1. The molecule has 2 rings (SSSR count). The van der Waals surface area contributed by atoms with Gasteiger partial charge >= 0.3 is 6.09 Å². The molecule has 1 aromatic heterocycles. The minimum absolute atomic E-state index is 0.0768. The van der Waals surface area contributed by atoms with Gasteiger partial charge in [0.2, 0.25) is 16.0 Å². The Kier molecular flexibility index (Phi) is 5.35. The Bertz CT molecular complexity index is 869. The molecule has 0 bridgehead atoms. The molecule has 0 spiro atoms. The van der Waals surface area contributed by atoms with Gasteiger partial charge < -0.3 is 10.1 Å². The van der Waals surface area contributed by atoms with Gasteiger partial charge in [-0.3, -0.25) is 0 Å². The number of ether oxygens (including phenoxy) is 1. The van der Waals surface area contributed by atoms with E-state index in [-0.39, 0.29) is 11.5 Å². The van der Waals surface area contributed by atoms with E-state index in [0.29, 0.717) is 4.60 Å². The van der Waals surface area contributed by atoms with Crippen LogP contribution in [0.3, 0.4) is 0 Å². The number of nitrogens with one attached hydrogen (secondary N) is 1. The third kappa shape index (κ3) is 4.50. The molecule has 1 aromatic rings. The maximum Gasteiger partial charge on any atom is 0.437 e. The van der Waals surface area contributed by atoms with Crippen LogP contribution in [0.4, 0.5) is 9.18 Å². The molecule has 0 unspecified atom stereocenters. The molecule has 0 radical (unpaired) electrons. The maximum absolute atomic E-state index is 14.3. The summed E-state index contributed by atoms with van der Waals surface area (Å²) in [4.78, 5) is 19.5. The lowest BCUT2D eigenvalue weighted by molar-refractivity contribution is 0.0602. The second-order valence-electron chi connectivity index (χ2n) is 7.08. The molecule has 1 N–H and O–H groups in total. The van der Waals surface area contributed by atoms with E-state index >= 15 is 0 Å². The minimum Gasteiger partial charge on any atom is -0.442 e. The van der Waals surface area contributed by atoms with Crippen LogP contribution in [-0.2, 0) is 20.3 Å². The van der Waals surface area contributed by atoms with Crippen molar-refractivity contribution in [3.05, 3.63) is 28.2 Å². The normalized spacial score (nSPS) is 24.3.